The number of rotatable bonds is 6. The molecule has 0 saturated heterocycles. The standard InChI is InChI=1S/C24H20F2N2OS/c1-29-20-12-6-17(7-13-20)14-15-28-23(21-4-2-3-5-22(21)26)16-30-24(28)27-19-10-8-18(25)9-11-19/h2-13,16H,14-15H2,1H3. The van der Waals surface area contributed by atoms with Crippen LogP contribution < -0.4 is 9.54 Å². The van der Waals surface area contributed by atoms with Crippen LogP contribution in [-0.4, -0.2) is 11.7 Å². The Kier molecular flexibility index (Phi) is 6.05. The van der Waals surface area contributed by atoms with Crippen molar-refractivity contribution in [1.29, 1.82) is 0 Å². The van der Waals surface area contributed by atoms with E-state index in [9.17, 15) is 8.78 Å². The smallest absolute Gasteiger partial charge is 0.190 e. The lowest BCUT2D eigenvalue weighted by Gasteiger charge is -2.10. The van der Waals surface area contributed by atoms with Gasteiger partial charge in [-0.2, -0.15) is 0 Å². The number of benzene rings is 3. The molecule has 3 aromatic carbocycles. The number of halogens is 2. The first-order valence-electron chi connectivity index (χ1n) is 9.50. The van der Waals surface area contributed by atoms with Crippen molar-refractivity contribution in [3.8, 4) is 17.0 Å². The van der Waals surface area contributed by atoms with Crippen molar-refractivity contribution in [3.05, 3.63) is 100 Å². The maximum Gasteiger partial charge on any atom is 0.190 e. The fourth-order valence-electron chi connectivity index (χ4n) is 3.18. The van der Waals surface area contributed by atoms with E-state index in [1.54, 1.807) is 31.4 Å². The fraction of sp³-hybridized carbons (Fsp3) is 0.125. The lowest BCUT2D eigenvalue weighted by atomic mass is 10.1. The Morgan fingerprint density at radius 2 is 1.67 bits per heavy atom. The van der Waals surface area contributed by atoms with E-state index in [-0.39, 0.29) is 11.6 Å². The Morgan fingerprint density at radius 1 is 0.933 bits per heavy atom. The molecule has 0 aliphatic heterocycles. The first-order valence-corrected chi connectivity index (χ1v) is 10.4. The average molecular weight is 423 g/mol. The zero-order valence-electron chi connectivity index (χ0n) is 16.4. The molecule has 3 nitrogen and oxygen atoms in total. The quantitative estimate of drug-likeness (QED) is 0.376. The summed E-state index contributed by atoms with van der Waals surface area (Å²) in [5.74, 6) is 0.224. The van der Waals surface area contributed by atoms with Crippen LogP contribution in [0.2, 0.25) is 0 Å². The third kappa shape index (κ3) is 4.49. The zero-order valence-corrected chi connectivity index (χ0v) is 17.2. The van der Waals surface area contributed by atoms with Crippen LogP contribution >= 0.6 is 11.3 Å². The Balaban J connectivity index is 1.73. The number of aryl methyl sites for hydroxylation is 1. The summed E-state index contributed by atoms with van der Waals surface area (Å²) in [4.78, 5) is 5.40. The zero-order chi connectivity index (χ0) is 20.9. The number of ether oxygens (including phenoxy) is 1. The highest BCUT2D eigenvalue weighted by atomic mass is 32.1. The van der Waals surface area contributed by atoms with Crippen molar-refractivity contribution in [2.24, 2.45) is 4.99 Å². The van der Waals surface area contributed by atoms with Gasteiger partial charge < -0.3 is 9.30 Å². The second-order valence-corrected chi connectivity index (χ2v) is 7.56. The minimum Gasteiger partial charge on any atom is -0.497 e. The van der Waals surface area contributed by atoms with Gasteiger partial charge in [-0.1, -0.05) is 24.3 Å². The van der Waals surface area contributed by atoms with E-state index < -0.39 is 0 Å². The van der Waals surface area contributed by atoms with E-state index in [4.69, 9.17) is 4.74 Å². The second kappa shape index (κ2) is 9.05. The highest BCUT2D eigenvalue weighted by Gasteiger charge is 2.12. The molecule has 0 bridgehead atoms. The van der Waals surface area contributed by atoms with E-state index in [0.29, 0.717) is 17.8 Å². The molecular weight excluding hydrogens is 402 g/mol. The molecule has 0 atom stereocenters. The predicted molar refractivity (Wildman–Crippen MR) is 116 cm³/mol. The SMILES string of the molecule is COc1ccc(CCn2c(-c3ccccc3F)csc2=Nc2ccc(F)cc2)cc1. The Morgan fingerprint density at radius 3 is 2.37 bits per heavy atom. The Hall–Kier alpha value is -3.25. The van der Waals surface area contributed by atoms with Gasteiger partial charge >= 0.3 is 0 Å². The van der Waals surface area contributed by atoms with Gasteiger partial charge in [0, 0.05) is 17.5 Å². The summed E-state index contributed by atoms with van der Waals surface area (Å²) < 4.78 is 35.0. The second-order valence-electron chi connectivity index (χ2n) is 6.72. The minimum absolute atomic E-state index is 0.276. The van der Waals surface area contributed by atoms with E-state index >= 15 is 0 Å². The van der Waals surface area contributed by atoms with Crippen LogP contribution in [0.3, 0.4) is 0 Å². The van der Waals surface area contributed by atoms with E-state index in [2.05, 4.69) is 4.99 Å². The average Bonchev–Trinajstić information content (AvgIpc) is 3.16. The summed E-state index contributed by atoms with van der Waals surface area (Å²) in [6, 6.07) is 20.6. The molecule has 6 heteroatoms. The van der Waals surface area contributed by atoms with Crippen LogP contribution in [-0.2, 0) is 13.0 Å². The molecule has 0 aliphatic carbocycles. The molecule has 30 heavy (non-hydrogen) atoms. The van der Waals surface area contributed by atoms with E-state index in [1.807, 2.05) is 40.3 Å². The Labute approximate surface area is 177 Å². The van der Waals surface area contributed by atoms with Gasteiger partial charge in [-0.15, -0.1) is 11.3 Å². The molecule has 0 radical (unpaired) electrons. The molecule has 0 saturated carbocycles. The third-order valence-corrected chi connectivity index (χ3v) is 5.65. The molecule has 0 amide bonds. The largest absolute Gasteiger partial charge is 0.497 e. The maximum atomic E-state index is 14.5. The molecule has 152 valence electrons. The molecule has 0 fully saturated rings. The highest BCUT2D eigenvalue weighted by Crippen LogP contribution is 2.24. The maximum absolute atomic E-state index is 14.5. The van der Waals surface area contributed by atoms with Crippen molar-refractivity contribution in [2.45, 2.75) is 13.0 Å². The van der Waals surface area contributed by atoms with Crippen molar-refractivity contribution in [1.82, 2.24) is 4.57 Å². The van der Waals surface area contributed by atoms with Crippen molar-refractivity contribution in [3.63, 3.8) is 0 Å². The molecular formula is C24H20F2N2OS. The first kappa shape index (κ1) is 20.0. The molecule has 1 aromatic heterocycles. The highest BCUT2D eigenvalue weighted by molar-refractivity contribution is 7.07. The fourth-order valence-corrected chi connectivity index (χ4v) is 4.12. The molecule has 0 N–H and O–H groups in total. The number of aromatic nitrogens is 1. The summed E-state index contributed by atoms with van der Waals surface area (Å²) >= 11 is 1.44. The van der Waals surface area contributed by atoms with Gasteiger partial charge in [0.1, 0.15) is 17.4 Å². The summed E-state index contributed by atoms with van der Waals surface area (Å²) in [6.07, 6.45) is 0.749. The predicted octanol–water partition coefficient (Wildman–Crippen LogP) is 5.98. The van der Waals surface area contributed by atoms with Gasteiger partial charge in [-0.25, -0.2) is 13.8 Å². The third-order valence-electron chi connectivity index (χ3n) is 4.78. The van der Waals surface area contributed by atoms with Gasteiger partial charge in [-0.3, -0.25) is 0 Å². The van der Waals surface area contributed by atoms with Crippen LogP contribution in [0.5, 0.6) is 5.75 Å². The number of nitrogens with zero attached hydrogens (tertiary/aromatic N) is 2. The Bertz CT molecular complexity index is 1200. The summed E-state index contributed by atoms with van der Waals surface area (Å²) in [5.41, 5.74) is 3.09. The minimum atomic E-state index is -0.306. The van der Waals surface area contributed by atoms with E-state index in [1.165, 1.54) is 29.5 Å². The molecule has 4 rings (SSSR count). The molecule has 0 unspecified atom stereocenters. The molecule has 4 aromatic rings. The van der Waals surface area contributed by atoms with Crippen LogP contribution in [0.4, 0.5) is 14.5 Å². The normalized spacial score (nSPS) is 11.6. The molecule has 0 aliphatic rings. The number of methoxy groups -OCH3 is 1. The molecule has 0 spiro atoms. The summed E-state index contributed by atoms with van der Waals surface area (Å²) in [5, 5.41) is 1.91. The van der Waals surface area contributed by atoms with Gasteiger partial charge in [-0.05, 0) is 60.5 Å². The van der Waals surface area contributed by atoms with Crippen LogP contribution in [0.1, 0.15) is 5.56 Å². The van der Waals surface area contributed by atoms with Crippen LogP contribution in [0.25, 0.3) is 11.3 Å². The topological polar surface area (TPSA) is 26.5 Å². The van der Waals surface area contributed by atoms with Gasteiger partial charge in [0.25, 0.3) is 0 Å². The van der Waals surface area contributed by atoms with Gasteiger partial charge in [0.2, 0.25) is 0 Å². The summed E-state index contributed by atoms with van der Waals surface area (Å²) in [6.45, 7) is 0.625. The van der Waals surface area contributed by atoms with Crippen molar-refractivity contribution in [2.75, 3.05) is 7.11 Å². The van der Waals surface area contributed by atoms with Crippen LogP contribution in [0.15, 0.2) is 83.2 Å². The van der Waals surface area contributed by atoms with E-state index in [0.717, 1.165) is 28.2 Å². The molecule has 1 heterocycles. The van der Waals surface area contributed by atoms with Crippen molar-refractivity contribution >= 4 is 17.0 Å². The lowest BCUT2D eigenvalue weighted by Crippen LogP contribution is -2.17. The summed E-state index contributed by atoms with van der Waals surface area (Å²) in [7, 11) is 1.64. The monoisotopic (exact) mass is 422 g/mol. The lowest BCUT2D eigenvalue weighted by molar-refractivity contribution is 0.414. The van der Waals surface area contributed by atoms with Gasteiger partial charge in [0.05, 0.1) is 18.5 Å². The van der Waals surface area contributed by atoms with Crippen LogP contribution in [0, 0.1) is 11.6 Å². The number of thiazole rings is 1. The first-order chi connectivity index (χ1) is 14.6. The number of hydrogen-bond donors (Lipinski definition) is 0. The van der Waals surface area contributed by atoms with Crippen molar-refractivity contribution < 1.29 is 13.5 Å². The number of hydrogen-bond acceptors (Lipinski definition) is 3. The van der Waals surface area contributed by atoms with Gasteiger partial charge in [0.15, 0.2) is 4.80 Å².